The average molecular weight is 344 g/mol. The van der Waals surface area contributed by atoms with Gasteiger partial charge in [0.05, 0.1) is 17.7 Å². The third kappa shape index (κ3) is 2.29. The Labute approximate surface area is 129 Å². The molecule has 0 spiro atoms. The van der Waals surface area contributed by atoms with Crippen molar-refractivity contribution < 1.29 is 14.4 Å². The Kier molecular flexibility index (Phi) is 3.43. The van der Waals surface area contributed by atoms with E-state index in [4.69, 9.17) is 0 Å². The van der Waals surface area contributed by atoms with E-state index >= 15 is 0 Å². The van der Waals surface area contributed by atoms with Gasteiger partial charge >= 0.3 is 0 Å². The summed E-state index contributed by atoms with van der Waals surface area (Å²) in [5.74, 6) is -1.13. The first kappa shape index (κ1) is 13.7. The van der Waals surface area contributed by atoms with Gasteiger partial charge in [-0.25, -0.2) is 0 Å². The molecule has 0 bridgehead atoms. The van der Waals surface area contributed by atoms with E-state index in [2.05, 4.69) is 15.9 Å². The Hall–Kier alpha value is -2.27. The Morgan fingerprint density at radius 1 is 0.952 bits per heavy atom. The summed E-state index contributed by atoms with van der Waals surface area (Å²) in [6, 6.07) is 13.6. The van der Waals surface area contributed by atoms with Gasteiger partial charge in [0.1, 0.15) is 0 Å². The van der Waals surface area contributed by atoms with E-state index < -0.39 is 11.8 Å². The second-order valence-corrected chi connectivity index (χ2v) is 5.50. The average Bonchev–Trinajstić information content (AvgIpc) is 2.74. The highest BCUT2D eigenvalue weighted by Crippen LogP contribution is 2.29. The van der Waals surface area contributed by atoms with Gasteiger partial charge in [0.2, 0.25) is 0 Å². The molecule has 1 aliphatic heterocycles. The van der Waals surface area contributed by atoms with Crippen LogP contribution in [-0.4, -0.2) is 29.0 Å². The molecule has 4 nitrogen and oxygen atoms in total. The fourth-order valence-corrected chi connectivity index (χ4v) is 2.83. The molecule has 2 aromatic carbocycles. The van der Waals surface area contributed by atoms with Crippen LogP contribution in [0.25, 0.3) is 0 Å². The monoisotopic (exact) mass is 343 g/mol. The summed E-state index contributed by atoms with van der Waals surface area (Å²) in [5.41, 5.74) is 1.13. The first-order chi connectivity index (χ1) is 10.1. The highest BCUT2D eigenvalue weighted by Gasteiger charge is 2.37. The molecule has 2 aromatic rings. The van der Waals surface area contributed by atoms with Gasteiger partial charge in [-0.1, -0.05) is 36.4 Å². The van der Waals surface area contributed by atoms with Crippen molar-refractivity contribution in [3.63, 3.8) is 0 Å². The van der Waals surface area contributed by atoms with Crippen LogP contribution in [-0.2, 0) is 0 Å². The summed E-state index contributed by atoms with van der Waals surface area (Å²) in [6.45, 7) is -0.247. The van der Waals surface area contributed by atoms with Crippen LogP contribution in [0, 0.1) is 0 Å². The fraction of sp³-hybridized carbons (Fsp3) is 0.0625. The zero-order valence-corrected chi connectivity index (χ0v) is 12.5. The Bertz CT molecular complexity index is 755. The molecule has 0 unspecified atom stereocenters. The van der Waals surface area contributed by atoms with Crippen LogP contribution in [0.5, 0.6) is 0 Å². The minimum absolute atomic E-state index is 0.247. The van der Waals surface area contributed by atoms with E-state index in [9.17, 15) is 14.4 Å². The summed E-state index contributed by atoms with van der Waals surface area (Å²) in [6.07, 6.45) is 0. The maximum Gasteiger partial charge on any atom is 0.263 e. The molecule has 5 heteroatoms. The van der Waals surface area contributed by atoms with Crippen LogP contribution in [0.2, 0.25) is 0 Å². The number of halogens is 1. The lowest BCUT2D eigenvalue weighted by Gasteiger charge is -2.12. The number of amides is 2. The van der Waals surface area contributed by atoms with Crippen molar-refractivity contribution in [2.24, 2.45) is 0 Å². The second kappa shape index (κ2) is 5.26. The van der Waals surface area contributed by atoms with Crippen molar-refractivity contribution in [3.8, 4) is 0 Å². The number of ketones is 1. The van der Waals surface area contributed by atoms with Crippen molar-refractivity contribution in [2.45, 2.75) is 0 Å². The van der Waals surface area contributed by atoms with E-state index in [-0.39, 0.29) is 12.3 Å². The van der Waals surface area contributed by atoms with E-state index in [1.54, 1.807) is 48.5 Å². The SMILES string of the molecule is O=C(CN1C(=O)c2cccc(Br)c2C1=O)c1ccccc1. The predicted octanol–water partition coefficient (Wildman–Crippen LogP) is 2.93. The molecule has 104 valence electrons. The third-order valence-electron chi connectivity index (χ3n) is 3.35. The van der Waals surface area contributed by atoms with E-state index in [1.165, 1.54) is 0 Å². The van der Waals surface area contributed by atoms with Gasteiger partial charge in [0.15, 0.2) is 5.78 Å². The quantitative estimate of drug-likeness (QED) is 0.636. The largest absolute Gasteiger partial charge is 0.292 e. The summed E-state index contributed by atoms with van der Waals surface area (Å²) in [7, 11) is 0. The zero-order valence-electron chi connectivity index (χ0n) is 10.9. The molecule has 0 fully saturated rings. The van der Waals surface area contributed by atoms with Crippen molar-refractivity contribution >= 4 is 33.5 Å². The lowest BCUT2D eigenvalue weighted by atomic mass is 10.1. The first-order valence-corrected chi connectivity index (χ1v) is 7.12. The number of carbonyl (C=O) groups is 3. The number of carbonyl (C=O) groups excluding carboxylic acids is 3. The van der Waals surface area contributed by atoms with Crippen molar-refractivity contribution in [1.82, 2.24) is 4.90 Å². The molecule has 1 heterocycles. The highest BCUT2D eigenvalue weighted by molar-refractivity contribution is 9.10. The molecule has 0 saturated heterocycles. The smallest absolute Gasteiger partial charge is 0.263 e. The molecular weight excluding hydrogens is 334 g/mol. The first-order valence-electron chi connectivity index (χ1n) is 6.32. The number of fused-ring (bicyclic) bond motifs is 1. The Morgan fingerprint density at radius 2 is 1.67 bits per heavy atom. The van der Waals surface area contributed by atoms with Gasteiger partial charge < -0.3 is 0 Å². The molecular formula is C16H10BrNO3. The van der Waals surface area contributed by atoms with Gasteiger partial charge in [-0.3, -0.25) is 19.3 Å². The van der Waals surface area contributed by atoms with Gasteiger partial charge in [0, 0.05) is 10.0 Å². The van der Waals surface area contributed by atoms with E-state index in [0.717, 1.165) is 4.90 Å². The molecule has 0 radical (unpaired) electrons. The summed E-state index contributed by atoms with van der Waals surface area (Å²) < 4.78 is 0.563. The maximum absolute atomic E-state index is 12.3. The van der Waals surface area contributed by atoms with Gasteiger partial charge in [-0.2, -0.15) is 0 Å². The zero-order chi connectivity index (χ0) is 15.0. The number of imide groups is 1. The predicted molar refractivity (Wildman–Crippen MR) is 80.3 cm³/mol. The van der Waals surface area contributed by atoms with Gasteiger partial charge in [0.25, 0.3) is 11.8 Å². The lowest BCUT2D eigenvalue weighted by Crippen LogP contribution is -2.34. The highest BCUT2D eigenvalue weighted by atomic mass is 79.9. The van der Waals surface area contributed by atoms with E-state index in [1.807, 2.05) is 0 Å². The number of nitrogens with zero attached hydrogens (tertiary/aromatic N) is 1. The van der Waals surface area contributed by atoms with Crippen LogP contribution >= 0.6 is 15.9 Å². The second-order valence-electron chi connectivity index (χ2n) is 4.65. The topological polar surface area (TPSA) is 54.5 Å². The number of hydrogen-bond donors (Lipinski definition) is 0. The normalized spacial score (nSPS) is 13.5. The molecule has 0 atom stereocenters. The Morgan fingerprint density at radius 3 is 2.33 bits per heavy atom. The summed E-state index contributed by atoms with van der Waals surface area (Å²) in [4.78, 5) is 37.7. The van der Waals surface area contributed by atoms with Crippen LogP contribution in [0.4, 0.5) is 0 Å². The lowest BCUT2D eigenvalue weighted by molar-refractivity contribution is 0.0624. The standard InChI is InChI=1S/C16H10BrNO3/c17-12-8-4-7-11-14(12)16(21)18(15(11)20)9-13(19)10-5-2-1-3-6-10/h1-8H,9H2. The minimum Gasteiger partial charge on any atom is -0.292 e. The fourth-order valence-electron chi connectivity index (χ4n) is 2.29. The van der Waals surface area contributed by atoms with Crippen molar-refractivity contribution in [2.75, 3.05) is 6.54 Å². The molecule has 2 amide bonds. The molecule has 0 aromatic heterocycles. The van der Waals surface area contributed by atoms with Crippen molar-refractivity contribution in [3.05, 3.63) is 69.7 Å². The molecule has 0 N–H and O–H groups in total. The number of hydrogen-bond acceptors (Lipinski definition) is 3. The number of rotatable bonds is 3. The van der Waals surface area contributed by atoms with Crippen molar-refractivity contribution in [1.29, 1.82) is 0 Å². The summed E-state index contributed by atoms with van der Waals surface area (Å²) in [5, 5.41) is 0. The molecule has 21 heavy (non-hydrogen) atoms. The third-order valence-corrected chi connectivity index (χ3v) is 4.01. The summed E-state index contributed by atoms with van der Waals surface area (Å²) >= 11 is 3.27. The molecule has 3 rings (SSSR count). The van der Waals surface area contributed by atoms with Gasteiger partial charge in [-0.15, -0.1) is 0 Å². The van der Waals surface area contributed by atoms with Crippen LogP contribution in [0.3, 0.4) is 0 Å². The van der Waals surface area contributed by atoms with Gasteiger partial charge in [-0.05, 0) is 28.1 Å². The molecule has 1 aliphatic rings. The number of Topliss-reactive ketones (excluding diaryl/α,β-unsaturated/α-hetero) is 1. The van der Waals surface area contributed by atoms with E-state index in [0.29, 0.717) is 21.2 Å². The molecule has 0 saturated carbocycles. The Balaban J connectivity index is 1.89. The molecule has 0 aliphatic carbocycles. The van der Waals surface area contributed by atoms with Crippen LogP contribution < -0.4 is 0 Å². The number of benzene rings is 2. The minimum atomic E-state index is -0.438. The van der Waals surface area contributed by atoms with Crippen LogP contribution in [0.15, 0.2) is 53.0 Å². The maximum atomic E-state index is 12.3. The van der Waals surface area contributed by atoms with Crippen LogP contribution in [0.1, 0.15) is 31.1 Å².